The van der Waals surface area contributed by atoms with E-state index in [1.807, 2.05) is 0 Å². The summed E-state index contributed by atoms with van der Waals surface area (Å²) >= 11 is 0. The van der Waals surface area contributed by atoms with Crippen LogP contribution in [0.3, 0.4) is 0 Å². The van der Waals surface area contributed by atoms with Crippen molar-refractivity contribution in [1.82, 2.24) is 5.32 Å². The summed E-state index contributed by atoms with van der Waals surface area (Å²) in [5.74, 6) is -1.14. The zero-order valence-corrected chi connectivity index (χ0v) is 11.0. The summed E-state index contributed by atoms with van der Waals surface area (Å²) in [5, 5.41) is 29.3. The highest BCUT2D eigenvalue weighted by Gasteiger charge is 2.45. The molecule has 1 saturated heterocycles. The molecule has 17 heavy (non-hydrogen) atoms. The fourth-order valence-corrected chi connectivity index (χ4v) is 1.94. The number of carboxylic acids is 1. The molecule has 1 fully saturated rings. The highest BCUT2D eigenvalue weighted by atomic mass is 35.5. The molecule has 0 aromatic heterocycles. The van der Waals surface area contributed by atoms with Crippen LogP contribution in [0.5, 0.6) is 0 Å². The van der Waals surface area contributed by atoms with E-state index in [4.69, 9.17) is 20.9 Å². The van der Waals surface area contributed by atoms with Crippen LogP contribution in [-0.2, 0) is 4.79 Å². The zero-order chi connectivity index (χ0) is 11.5. The van der Waals surface area contributed by atoms with Crippen molar-refractivity contribution in [2.75, 3.05) is 13.1 Å². The predicted molar refractivity (Wildman–Crippen MR) is 69.6 cm³/mol. The number of rotatable bonds is 5. The number of nitrogens with one attached hydrogen (secondary N) is 1. The van der Waals surface area contributed by atoms with Crippen molar-refractivity contribution in [1.29, 1.82) is 0 Å². The number of nitrogens with two attached hydrogens (primary N) is 1. The van der Waals surface area contributed by atoms with Gasteiger partial charge in [0.1, 0.15) is 5.54 Å². The Morgan fingerprint density at radius 1 is 1.47 bits per heavy atom. The van der Waals surface area contributed by atoms with Gasteiger partial charge in [0, 0.05) is 19.0 Å². The Morgan fingerprint density at radius 2 is 2.06 bits per heavy atom. The molecule has 0 saturated carbocycles. The lowest BCUT2D eigenvalue weighted by Crippen LogP contribution is -2.54. The van der Waals surface area contributed by atoms with Gasteiger partial charge in [-0.25, -0.2) is 0 Å². The number of carboxylic acid groups (broad SMARTS) is 1. The molecule has 0 radical (unpaired) electrons. The molecular formula is C8H19BCl2N2O4. The largest absolute Gasteiger partial charge is 0.480 e. The lowest BCUT2D eigenvalue weighted by atomic mass is 9.78. The van der Waals surface area contributed by atoms with E-state index in [0.717, 1.165) is 0 Å². The first kappa shape index (κ1) is 19.3. The topological polar surface area (TPSA) is 116 Å². The smallest absolute Gasteiger partial charge is 0.451 e. The number of aliphatic carboxylic acids is 1. The van der Waals surface area contributed by atoms with Gasteiger partial charge >= 0.3 is 13.1 Å². The summed E-state index contributed by atoms with van der Waals surface area (Å²) in [5.41, 5.74) is 4.57. The van der Waals surface area contributed by atoms with E-state index in [2.05, 4.69) is 5.32 Å². The van der Waals surface area contributed by atoms with Gasteiger partial charge in [-0.05, 0) is 12.7 Å². The van der Waals surface area contributed by atoms with Gasteiger partial charge in [-0.1, -0.05) is 6.42 Å². The maximum atomic E-state index is 11.0. The van der Waals surface area contributed by atoms with Crippen molar-refractivity contribution in [3.8, 4) is 0 Å². The quantitative estimate of drug-likeness (QED) is 0.418. The molecule has 6 N–H and O–H groups in total. The van der Waals surface area contributed by atoms with Crippen molar-refractivity contribution >= 4 is 37.9 Å². The molecule has 0 aliphatic carbocycles. The number of carbonyl (C=O) groups is 1. The van der Waals surface area contributed by atoms with Crippen LogP contribution in [0.2, 0.25) is 6.32 Å². The van der Waals surface area contributed by atoms with Crippen LogP contribution < -0.4 is 11.1 Å². The predicted octanol–water partition coefficient (Wildman–Crippen LogP) is -0.916. The second kappa shape index (κ2) is 8.13. The highest BCUT2D eigenvalue weighted by molar-refractivity contribution is 6.40. The lowest BCUT2D eigenvalue weighted by molar-refractivity contribution is -0.144. The fourth-order valence-electron chi connectivity index (χ4n) is 1.94. The molecule has 2 atom stereocenters. The first-order valence-electron chi connectivity index (χ1n) is 5.06. The van der Waals surface area contributed by atoms with Gasteiger partial charge in [0.05, 0.1) is 0 Å². The van der Waals surface area contributed by atoms with Gasteiger partial charge < -0.3 is 26.2 Å². The van der Waals surface area contributed by atoms with Crippen LogP contribution >= 0.6 is 24.8 Å². The standard InChI is InChI=1S/C8H17BN2O4.2ClH/c10-8(7(12)13)5-11-4-6(8)2-1-3-9(14)15;;/h6,11,14-15H,1-5,10H2,(H,12,13);2*1H/t6-,8-;;/m0../s1. The van der Waals surface area contributed by atoms with Crippen LogP contribution in [0.4, 0.5) is 0 Å². The Morgan fingerprint density at radius 3 is 2.53 bits per heavy atom. The minimum absolute atomic E-state index is 0. The average molecular weight is 289 g/mol. The summed E-state index contributed by atoms with van der Waals surface area (Å²) in [4.78, 5) is 11.0. The Bertz CT molecular complexity index is 248. The lowest BCUT2D eigenvalue weighted by Gasteiger charge is -2.25. The highest BCUT2D eigenvalue weighted by Crippen LogP contribution is 2.25. The van der Waals surface area contributed by atoms with Crippen molar-refractivity contribution in [3.63, 3.8) is 0 Å². The van der Waals surface area contributed by atoms with Gasteiger partial charge in [0.15, 0.2) is 0 Å². The molecular weight excluding hydrogens is 270 g/mol. The first-order valence-corrected chi connectivity index (χ1v) is 5.06. The van der Waals surface area contributed by atoms with E-state index in [1.54, 1.807) is 0 Å². The summed E-state index contributed by atoms with van der Waals surface area (Å²) in [6.45, 7) is 0.846. The van der Waals surface area contributed by atoms with E-state index in [9.17, 15) is 4.79 Å². The molecule has 1 rings (SSSR count). The molecule has 1 aliphatic rings. The van der Waals surface area contributed by atoms with Gasteiger partial charge in [-0.3, -0.25) is 4.79 Å². The molecule has 0 aromatic rings. The molecule has 0 amide bonds. The number of hydrogen-bond donors (Lipinski definition) is 5. The third-order valence-corrected chi connectivity index (χ3v) is 2.95. The van der Waals surface area contributed by atoms with Crippen molar-refractivity contribution in [2.24, 2.45) is 11.7 Å². The summed E-state index contributed by atoms with van der Waals surface area (Å²) in [7, 11) is -1.32. The first-order chi connectivity index (χ1) is 6.97. The molecule has 1 aliphatic heterocycles. The van der Waals surface area contributed by atoms with Crippen LogP contribution in [0.15, 0.2) is 0 Å². The van der Waals surface area contributed by atoms with Crippen LogP contribution in [0, 0.1) is 5.92 Å². The van der Waals surface area contributed by atoms with Crippen LogP contribution in [0.25, 0.3) is 0 Å². The average Bonchev–Trinajstić information content (AvgIpc) is 2.49. The fraction of sp³-hybridized carbons (Fsp3) is 0.875. The van der Waals surface area contributed by atoms with Gasteiger partial charge in [0.25, 0.3) is 0 Å². The molecule has 0 unspecified atom stereocenters. The van der Waals surface area contributed by atoms with E-state index >= 15 is 0 Å². The summed E-state index contributed by atoms with van der Waals surface area (Å²) in [6, 6.07) is 0. The van der Waals surface area contributed by atoms with E-state index in [1.165, 1.54) is 0 Å². The summed E-state index contributed by atoms with van der Waals surface area (Å²) in [6.07, 6.45) is 1.41. The van der Waals surface area contributed by atoms with Crippen LogP contribution in [0.1, 0.15) is 12.8 Å². The van der Waals surface area contributed by atoms with Crippen molar-refractivity contribution in [3.05, 3.63) is 0 Å². The molecule has 102 valence electrons. The minimum Gasteiger partial charge on any atom is -0.480 e. The molecule has 9 heteroatoms. The number of halogens is 2. The normalized spacial score (nSPS) is 26.9. The van der Waals surface area contributed by atoms with Crippen molar-refractivity contribution < 1.29 is 19.9 Å². The SMILES string of the molecule is Cl.Cl.N[C@@]1(C(=O)O)CNC[C@@H]1CCCB(O)O. The Hall–Kier alpha value is -0.0451. The van der Waals surface area contributed by atoms with E-state index in [0.29, 0.717) is 19.4 Å². The maximum Gasteiger partial charge on any atom is 0.451 e. The minimum atomic E-state index is -1.32. The number of hydrogen-bond acceptors (Lipinski definition) is 5. The second-order valence-electron chi connectivity index (χ2n) is 4.08. The Kier molecular flexibility index (Phi) is 9.22. The van der Waals surface area contributed by atoms with E-state index in [-0.39, 0.29) is 43.6 Å². The molecule has 6 nitrogen and oxygen atoms in total. The molecule has 0 aromatic carbocycles. The monoisotopic (exact) mass is 288 g/mol. The molecule has 0 bridgehead atoms. The molecule has 0 spiro atoms. The van der Waals surface area contributed by atoms with Gasteiger partial charge in [-0.15, -0.1) is 24.8 Å². The zero-order valence-electron chi connectivity index (χ0n) is 9.33. The van der Waals surface area contributed by atoms with Crippen molar-refractivity contribution in [2.45, 2.75) is 24.7 Å². The summed E-state index contributed by atoms with van der Waals surface area (Å²) < 4.78 is 0. The van der Waals surface area contributed by atoms with E-state index < -0.39 is 18.6 Å². The third kappa shape index (κ3) is 4.99. The second-order valence-corrected chi connectivity index (χ2v) is 4.08. The third-order valence-electron chi connectivity index (χ3n) is 2.95. The maximum absolute atomic E-state index is 11.0. The molecule has 1 heterocycles. The van der Waals surface area contributed by atoms with Gasteiger partial charge in [-0.2, -0.15) is 0 Å². The van der Waals surface area contributed by atoms with Crippen LogP contribution in [-0.4, -0.2) is 46.9 Å². The van der Waals surface area contributed by atoms with Gasteiger partial charge in [0.2, 0.25) is 0 Å². The Labute approximate surface area is 113 Å². The Balaban J connectivity index is 0.